The van der Waals surface area contributed by atoms with Gasteiger partial charge in [-0.3, -0.25) is 4.79 Å². The molecule has 0 bridgehead atoms. The van der Waals surface area contributed by atoms with E-state index in [0.717, 1.165) is 11.7 Å². The molecule has 1 saturated carbocycles. The third kappa shape index (κ3) is 2.93. The van der Waals surface area contributed by atoms with Gasteiger partial charge in [-0.05, 0) is 37.3 Å². The minimum atomic E-state index is -0.210. The molecule has 2 unspecified atom stereocenters. The molecule has 0 saturated heterocycles. The summed E-state index contributed by atoms with van der Waals surface area (Å²) in [5.41, 5.74) is 0.345. The molecule has 17 heavy (non-hydrogen) atoms. The number of hydrogen-bond acceptors (Lipinski definition) is 4. The molecule has 1 fully saturated rings. The van der Waals surface area contributed by atoms with Gasteiger partial charge in [0.05, 0.1) is 0 Å². The van der Waals surface area contributed by atoms with Crippen molar-refractivity contribution in [1.82, 2.24) is 15.5 Å². The fraction of sp³-hybridized carbons (Fsp3) is 0.583. The summed E-state index contributed by atoms with van der Waals surface area (Å²) >= 11 is 0. The van der Waals surface area contributed by atoms with Crippen LogP contribution in [0.25, 0.3) is 0 Å². The quantitative estimate of drug-likeness (QED) is 0.830. The molecule has 0 aromatic carbocycles. The average Bonchev–Trinajstić information content (AvgIpc) is 2.75. The topological polar surface area (TPSA) is 66.9 Å². The van der Waals surface area contributed by atoms with Gasteiger partial charge in [0.2, 0.25) is 0 Å². The van der Waals surface area contributed by atoms with Crippen molar-refractivity contribution in [3.63, 3.8) is 0 Å². The van der Waals surface area contributed by atoms with Crippen LogP contribution in [0.1, 0.15) is 36.7 Å². The van der Waals surface area contributed by atoms with Gasteiger partial charge < -0.3 is 10.6 Å². The van der Waals surface area contributed by atoms with Gasteiger partial charge in [0, 0.05) is 13.1 Å². The molecule has 0 spiro atoms. The lowest BCUT2D eigenvalue weighted by atomic mass is 10.1. The summed E-state index contributed by atoms with van der Waals surface area (Å²) in [4.78, 5) is 11.3. The lowest BCUT2D eigenvalue weighted by molar-refractivity contribution is 0.0957. The summed E-state index contributed by atoms with van der Waals surface area (Å²) in [7, 11) is 1.58. The van der Waals surface area contributed by atoms with E-state index in [9.17, 15) is 4.79 Å². The first-order valence-electron chi connectivity index (χ1n) is 6.01. The number of nitrogens with one attached hydrogen (secondary N) is 2. The third-order valence-electron chi connectivity index (χ3n) is 3.17. The van der Waals surface area contributed by atoms with Gasteiger partial charge in [-0.25, -0.2) is 0 Å². The molecule has 2 rings (SSSR count). The van der Waals surface area contributed by atoms with Crippen LogP contribution in [-0.2, 0) is 0 Å². The Labute approximate surface area is 101 Å². The van der Waals surface area contributed by atoms with Crippen LogP contribution in [0.5, 0.6) is 0 Å². The number of aromatic nitrogens is 2. The van der Waals surface area contributed by atoms with Crippen molar-refractivity contribution in [2.45, 2.75) is 32.2 Å². The second kappa shape index (κ2) is 5.12. The second-order valence-corrected chi connectivity index (χ2v) is 4.64. The summed E-state index contributed by atoms with van der Waals surface area (Å²) in [6.07, 6.45) is 3.63. The third-order valence-corrected chi connectivity index (χ3v) is 3.17. The van der Waals surface area contributed by atoms with Crippen molar-refractivity contribution in [3.8, 4) is 0 Å². The van der Waals surface area contributed by atoms with Crippen LogP contribution in [-0.4, -0.2) is 29.2 Å². The first-order chi connectivity index (χ1) is 8.19. The van der Waals surface area contributed by atoms with Gasteiger partial charge in [0.15, 0.2) is 5.69 Å². The Bertz CT molecular complexity index is 390. The maximum absolute atomic E-state index is 11.3. The van der Waals surface area contributed by atoms with E-state index in [1.165, 1.54) is 19.3 Å². The number of anilines is 1. The summed E-state index contributed by atoms with van der Waals surface area (Å²) < 4.78 is 0. The van der Waals surface area contributed by atoms with E-state index in [0.29, 0.717) is 11.7 Å². The summed E-state index contributed by atoms with van der Waals surface area (Å²) in [6, 6.07) is 3.98. The number of nitrogens with zero attached hydrogens (tertiary/aromatic N) is 2. The van der Waals surface area contributed by atoms with E-state index in [4.69, 9.17) is 0 Å². The lowest BCUT2D eigenvalue weighted by Crippen LogP contribution is -2.21. The highest BCUT2D eigenvalue weighted by Crippen LogP contribution is 2.26. The Balaban J connectivity index is 1.96. The van der Waals surface area contributed by atoms with Crippen LogP contribution in [0, 0.1) is 5.92 Å². The largest absolute Gasteiger partial charge is 0.366 e. The number of amides is 1. The van der Waals surface area contributed by atoms with E-state index < -0.39 is 0 Å². The predicted octanol–water partition coefficient (Wildman–Crippen LogP) is 1.44. The maximum atomic E-state index is 11.3. The number of hydrogen-bond donors (Lipinski definition) is 2. The fourth-order valence-corrected chi connectivity index (χ4v) is 2.21. The zero-order valence-corrected chi connectivity index (χ0v) is 10.2. The van der Waals surface area contributed by atoms with Crippen LogP contribution in [0.2, 0.25) is 0 Å². The van der Waals surface area contributed by atoms with Crippen molar-refractivity contribution in [2.75, 3.05) is 12.4 Å². The van der Waals surface area contributed by atoms with E-state index in [1.807, 2.05) is 0 Å². The molecular weight excluding hydrogens is 216 g/mol. The van der Waals surface area contributed by atoms with Gasteiger partial charge in [-0.1, -0.05) is 6.92 Å². The molecule has 5 nitrogen and oxygen atoms in total. The molecule has 0 radical (unpaired) electrons. The molecule has 1 amide bonds. The van der Waals surface area contributed by atoms with E-state index >= 15 is 0 Å². The highest BCUT2D eigenvalue weighted by molar-refractivity contribution is 5.91. The zero-order valence-electron chi connectivity index (χ0n) is 10.2. The molecule has 5 heteroatoms. The van der Waals surface area contributed by atoms with Crippen molar-refractivity contribution in [2.24, 2.45) is 5.92 Å². The average molecular weight is 234 g/mol. The molecule has 1 aromatic rings. The molecule has 0 aliphatic heterocycles. The minimum absolute atomic E-state index is 0.210. The van der Waals surface area contributed by atoms with Crippen molar-refractivity contribution >= 4 is 11.7 Å². The SMILES string of the molecule is CNC(=O)c1ccc(NC2CCC(C)C2)nn1. The molecular formula is C12H18N4O. The van der Waals surface area contributed by atoms with Crippen molar-refractivity contribution in [1.29, 1.82) is 0 Å². The fourth-order valence-electron chi connectivity index (χ4n) is 2.21. The van der Waals surface area contributed by atoms with E-state index in [2.05, 4.69) is 27.8 Å². The van der Waals surface area contributed by atoms with E-state index in [-0.39, 0.29) is 5.91 Å². The molecule has 1 aromatic heterocycles. The van der Waals surface area contributed by atoms with Crippen LogP contribution >= 0.6 is 0 Å². The molecule has 1 aliphatic rings. The predicted molar refractivity (Wildman–Crippen MR) is 65.8 cm³/mol. The zero-order chi connectivity index (χ0) is 12.3. The molecule has 1 heterocycles. The first-order valence-corrected chi connectivity index (χ1v) is 6.01. The standard InChI is InChI=1S/C12H18N4O/c1-8-3-4-9(7-8)14-11-6-5-10(15-16-11)12(17)13-2/h5-6,8-9H,3-4,7H2,1-2H3,(H,13,17)(H,14,16). The van der Waals surface area contributed by atoms with Crippen LogP contribution in [0.15, 0.2) is 12.1 Å². The van der Waals surface area contributed by atoms with Crippen LogP contribution in [0.3, 0.4) is 0 Å². The van der Waals surface area contributed by atoms with Gasteiger partial charge in [-0.15, -0.1) is 10.2 Å². The summed E-state index contributed by atoms with van der Waals surface area (Å²) in [5.74, 6) is 1.32. The Morgan fingerprint density at radius 2 is 2.18 bits per heavy atom. The Hall–Kier alpha value is -1.65. The number of carbonyl (C=O) groups excluding carboxylic acids is 1. The number of rotatable bonds is 3. The molecule has 1 aliphatic carbocycles. The van der Waals surface area contributed by atoms with Gasteiger partial charge in [0.1, 0.15) is 5.82 Å². The van der Waals surface area contributed by atoms with Crippen molar-refractivity contribution in [3.05, 3.63) is 17.8 Å². The van der Waals surface area contributed by atoms with E-state index in [1.54, 1.807) is 19.2 Å². The lowest BCUT2D eigenvalue weighted by Gasteiger charge is -2.12. The summed E-state index contributed by atoms with van der Waals surface area (Å²) in [6.45, 7) is 2.27. The smallest absolute Gasteiger partial charge is 0.271 e. The van der Waals surface area contributed by atoms with Crippen LogP contribution in [0.4, 0.5) is 5.82 Å². The summed E-state index contributed by atoms with van der Waals surface area (Å²) in [5, 5.41) is 13.8. The van der Waals surface area contributed by atoms with Gasteiger partial charge in [0.25, 0.3) is 5.91 Å². The Morgan fingerprint density at radius 3 is 2.71 bits per heavy atom. The molecule has 92 valence electrons. The molecule has 2 N–H and O–H groups in total. The molecule has 2 atom stereocenters. The first kappa shape index (κ1) is 11.8. The second-order valence-electron chi connectivity index (χ2n) is 4.64. The highest BCUT2D eigenvalue weighted by Gasteiger charge is 2.21. The highest BCUT2D eigenvalue weighted by atomic mass is 16.1. The maximum Gasteiger partial charge on any atom is 0.271 e. The Kier molecular flexibility index (Phi) is 3.56. The van der Waals surface area contributed by atoms with Gasteiger partial charge in [-0.2, -0.15) is 0 Å². The normalized spacial score (nSPS) is 23.4. The number of carbonyl (C=O) groups is 1. The van der Waals surface area contributed by atoms with Crippen molar-refractivity contribution < 1.29 is 4.79 Å². The van der Waals surface area contributed by atoms with Crippen LogP contribution < -0.4 is 10.6 Å². The minimum Gasteiger partial charge on any atom is -0.366 e. The Morgan fingerprint density at radius 1 is 1.35 bits per heavy atom. The van der Waals surface area contributed by atoms with Gasteiger partial charge >= 0.3 is 0 Å². The monoisotopic (exact) mass is 234 g/mol.